The number of amides is 2. The van der Waals surface area contributed by atoms with E-state index in [1.165, 1.54) is 37.1 Å². The first kappa shape index (κ1) is 32.8. The third kappa shape index (κ3) is 10.3. The predicted octanol–water partition coefficient (Wildman–Crippen LogP) is 2.24. The van der Waals surface area contributed by atoms with Gasteiger partial charge in [-0.2, -0.15) is 13.2 Å². The summed E-state index contributed by atoms with van der Waals surface area (Å²) in [5.74, 6) is 4.34. The van der Waals surface area contributed by atoms with Crippen LogP contribution in [-0.4, -0.2) is 54.5 Å². The van der Waals surface area contributed by atoms with Crippen LogP contribution < -0.4 is 22.2 Å². The van der Waals surface area contributed by atoms with Crippen molar-refractivity contribution >= 4 is 11.8 Å². The molecule has 232 valence electrons. The first-order chi connectivity index (χ1) is 20.1. The molecule has 1 atom stereocenters. The third-order valence-electron chi connectivity index (χ3n) is 5.93. The molecule has 1 unspecified atom stereocenters. The molecule has 0 bridgehead atoms. The number of aryl methyl sites for hydroxylation is 1. The van der Waals surface area contributed by atoms with Crippen LogP contribution in [0, 0.1) is 0 Å². The summed E-state index contributed by atoms with van der Waals surface area (Å²) in [6, 6.07) is 3.19. The van der Waals surface area contributed by atoms with Crippen molar-refractivity contribution in [3.8, 4) is 0 Å². The maximum atomic E-state index is 14.5. The van der Waals surface area contributed by atoms with Crippen LogP contribution in [0.2, 0.25) is 0 Å². The molecule has 0 saturated carbocycles. The van der Waals surface area contributed by atoms with Crippen molar-refractivity contribution in [2.75, 3.05) is 6.54 Å². The lowest BCUT2D eigenvalue weighted by Gasteiger charge is -2.17. The fourth-order valence-corrected chi connectivity index (χ4v) is 3.60. The molecule has 43 heavy (non-hydrogen) atoms. The number of carbonyl (C=O) groups is 2. The number of carbonyl (C=O) groups excluding carboxylic acids is 2. The van der Waals surface area contributed by atoms with Gasteiger partial charge in [-0.05, 0) is 37.6 Å². The van der Waals surface area contributed by atoms with Gasteiger partial charge in [0.15, 0.2) is 5.69 Å². The molecule has 0 aromatic carbocycles. The minimum absolute atomic E-state index is 0.00662. The number of hydrazine groups is 1. The number of hydrogen-bond donors (Lipinski definition) is 4. The topological polar surface area (TPSA) is 170 Å². The summed E-state index contributed by atoms with van der Waals surface area (Å²) in [7, 11) is 0. The Morgan fingerprint density at radius 3 is 2.56 bits per heavy atom. The lowest BCUT2D eigenvalue weighted by molar-refractivity contribution is -0.137. The SMILES string of the molecule is CC(C)(F)c1cncc(CNC(=O)c2cn(CCC(F)CN(N)/C=C(\N)C(=O)NCc3cc(C(F)(F)F)ccn3)nn2)c1. The number of halogens is 5. The number of nitrogens with zero attached hydrogens (tertiary/aromatic N) is 6. The minimum atomic E-state index is -4.56. The van der Waals surface area contributed by atoms with Gasteiger partial charge in [0.1, 0.15) is 17.5 Å². The summed E-state index contributed by atoms with van der Waals surface area (Å²) in [5.41, 5.74) is 3.69. The molecule has 0 saturated heterocycles. The monoisotopic (exact) mass is 610 g/mol. The van der Waals surface area contributed by atoms with Crippen molar-refractivity contribution in [2.45, 2.75) is 57.9 Å². The largest absolute Gasteiger partial charge is 0.416 e. The molecule has 3 rings (SSSR count). The summed E-state index contributed by atoms with van der Waals surface area (Å²) in [5, 5.41) is 13.4. The summed E-state index contributed by atoms with van der Waals surface area (Å²) in [6.07, 6.45) is 0.0776. The number of nitrogens with two attached hydrogens (primary N) is 2. The molecule has 12 nitrogen and oxygen atoms in total. The normalized spacial score (nSPS) is 13.0. The van der Waals surface area contributed by atoms with Gasteiger partial charge < -0.3 is 21.4 Å². The fraction of sp³-hybridized carbons (Fsp3) is 0.385. The molecular weight excluding hydrogens is 579 g/mol. The molecule has 3 aromatic heterocycles. The van der Waals surface area contributed by atoms with E-state index in [-0.39, 0.29) is 44.0 Å². The van der Waals surface area contributed by atoms with E-state index in [2.05, 4.69) is 30.9 Å². The van der Waals surface area contributed by atoms with Crippen molar-refractivity contribution in [1.29, 1.82) is 0 Å². The molecule has 3 heterocycles. The van der Waals surface area contributed by atoms with Crippen molar-refractivity contribution in [3.63, 3.8) is 0 Å². The highest BCUT2D eigenvalue weighted by atomic mass is 19.4. The molecule has 6 N–H and O–H groups in total. The molecule has 0 aliphatic heterocycles. The maximum absolute atomic E-state index is 14.5. The van der Waals surface area contributed by atoms with Gasteiger partial charge in [-0.15, -0.1) is 5.10 Å². The van der Waals surface area contributed by atoms with Crippen molar-refractivity contribution in [3.05, 3.63) is 83.0 Å². The Morgan fingerprint density at radius 1 is 1.12 bits per heavy atom. The van der Waals surface area contributed by atoms with Gasteiger partial charge in [-0.1, -0.05) is 5.21 Å². The van der Waals surface area contributed by atoms with Crippen LogP contribution in [0.15, 0.2) is 54.9 Å². The number of nitrogens with one attached hydrogen (secondary N) is 2. The summed E-state index contributed by atoms with van der Waals surface area (Å²) in [4.78, 5) is 32.3. The van der Waals surface area contributed by atoms with Gasteiger partial charge in [-0.25, -0.2) is 14.6 Å². The summed E-state index contributed by atoms with van der Waals surface area (Å²) >= 11 is 0. The highest BCUT2D eigenvalue weighted by Gasteiger charge is 2.30. The van der Waals surface area contributed by atoms with E-state index in [4.69, 9.17) is 11.6 Å². The second-order valence-electron chi connectivity index (χ2n) is 9.99. The van der Waals surface area contributed by atoms with Gasteiger partial charge >= 0.3 is 6.18 Å². The Morgan fingerprint density at radius 2 is 1.86 bits per heavy atom. The Bertz CT molecular complexity index is 1440. The smallest absolute Gasteiger partial charge is 0.393 e. The first-order valence-electron chi connectivity index (χ1n) is 12.9. The van der Waals surface area contributed by atoms with E-state index < -0.39 is 41.1 Å². The van der Waals surface area contributed by atoms with E-state index in [0.717, 1.165) is 29.5 Å². The molecule has 2 amide bonds. The van der Waals surface area contributed by atoms with Gasteiger partial charge in [0, 0.05) is 49.9 Å². The lowest BCUT2D eigenvalue weighted by atomic mass is 10.0. The van der Waals surface area contributed by atoms with Crippen LogP contribution in [0.25, 0.3) is 0 Å². The third-order valence-corrected chi connectivity index (χ3v) is 5.93. The zero-order valence-corrected chi connectivity index (χ0v) is 23.3. The van der Waals surface area contributed by atoms with Crippen molar-refractivity contribution < 1.29 is 31.5 Å². The Labute approximate surface area is 243 Å². The van der Waals surface area contributed by atoms with Crippen molar-refractivity contribution in [2.24, 2.45) is 11.6 Å². The second-order valence-corrected chi connectivity index (χ2v) is 9.99. The van der Waals surface area contributed by atoms with E-state index in [9.17, 15) is 31.5 Å². The molecule has 0 aliphatic rings. The van der Waals surface area contributed by atoms with Gasteiger partial charge in [0.05, 0.1) is 30.5 Å². The zero-order chi connectivity index (χ0) is 31.8. The van der Waals surface area contributed by atoms with Crippen LogP contribution in [0.5, 0.6) is 0 Å². The summed E-state index contributed by atoms with van der Waals surface area (Å²) in [6.45, 7) is 2.26. The lowest BCUT2D eigenvalue weighted by Crippen LogP contribution is -2.36. The summed E-state index contributed by atoms with van der Waals surface area (Å²) < 4.78 is 68.4. The highest BCUT2D eigenvalue weighted by molar-refractivity contribution is 5.92. The number of alkyl halides is 5. The molecule has 3 aromatic rings. The molecule has 17 heteroatoms. The first-order valence-corrected chi connectivity index (χ1v) is 12.9. The minimum Gasteiger partial charge on any atom is -0.393 e. The van der Waals surface area contributed by atoms with E-state index in [0.29, 0.717) is 11.1 Å². The van der Waals surface area contributed by atoms with Crippen LogP contribution in [0.4, 0.5) is 22.0 Å². The average Bonchev–Trinajstić information content (AvgIpc) is 3.42. The number of aromatic nitrogens is 5. The van der Waals surface area contributed by atoms with E-state index in [1.54, 1.807) is 6.07 Å². The number of pyridine rings is 2. The van der Waals surface area contributed by atoms with Crippen LogP contribution >= 0.6 is 0 Å². The van der Waals surface area contributed by atoms with Crippen LogP contribution in [-0.2, 0) is 36.3 Å². The quantitative estimate of drug-likeness (QED) is 0.0981. The number of rotatable bonds is 13. The maximum Gasteiger partial charge on any atom is 0.416 e. The zero-order valence-electron chi connectivity index (χ0n) is 23.3. The molecule has 0 aliphatic carbocycles. The van der Waals surface area contributed by atoms with Gasteiger partial charge in [0.25, 0.3) is 11.8 Å². The van der Waals surface area contributed by atoms with Crippen LogP contribution in [0.1, 0.15) is 53.1 Å². The van der Waals surface area contributed by atoms with Crippen molar-refractivity contribution in [1.82, 2.24) is 40.6 Å². The average molecular weight is 611 g/mol. The molecular formula is C26H31F5N10O2. The van der Waals surface area contributed by atoms with Gasteiger partial charge in [-0.3, -0.25) is 24.2 Å². The Hall–Kier alpha value is -4.67. The number of hydrogen-bond acceptors (Lipinski definition) is 9. The Balaban J connectivity index is 1.42. The van der Waals surface area contributed by atoms with E-state index in [1.807, 2.05) is 0 Å². The predicted molar refractivity (Wildman–Crippen MR) is 143 cm³/mol. The highest BCUT2D eigenvalue weighted by Crippen LogP contribution is 2.29. The van der Waals surface area contributed by atoms with Crippen LogP contribution in [0.3, 0.4) is 0 Å². The molecule has 0 radical (unpaired) electrons. The van der Waals surface area contributed by atoms with E-state index >= 15 is 0 Å². The second kappa shape index (κ2) is 14.0. The molecule has 0 spiro atoms. The molecule has 0 fully saturated rings. The van der Waals surface area contributed by atoms with Gasteiger partial charge in [0.2, 0.25) is 0 Å². The Kier molecular flexibility index (Phi) is 10.7. The fourth-order valence-electron chi connectivity index (χ4n) is 3.60. The standard InChI is InChI=1S/C26H31F5N10O2/c1-25(2,28)18-7-16(9-34-11-18)10-36-24(43)22-15-41(39-38-22)6-4-19(27)13-40(33)14-21(32)23(42)37-12-20-8-17(3-5-35-20)26(29,30)31/h3,5,7-9,11,14-15,19H,4,6,10,12-13,32-33H2,1-2H3,(H,36,43)(H,37,42)/b21-14-.